The maximum atomic E-state index is 2.42. The van der Waals surface area contributed by atoms with Crippen LogP contribution in [0.3, 0.4) is 0 Å². The predicted molar refractivity (Wildman–Crippen MR) is 154 cm³/mol. The summed E-state index contributed by atoms with van der Waals surface area (Å²) in [5, 5.41) is 5.62. The molecule has 6 aromatic heterocycles. The number of thiophene rings is 6. The summed E-state index contributed by atoms with van der Waals surface area (Å²) in [6, 6.07) is 19.0. The Bertz CT molecular complexity index is 1860. The molecule has 8 aromatic rings. The second kappa shape index (κ2) is 6.41. The van der Waals surface area contributed by atoms with Crippen molar-refractivity contribution in [3.63, 3.8) is 0 Å². The predicted octanol–water partition coefficient (Wildman–Crippen LogP) is 11.3. The van der Waals surface area contributed by atoms with Gasteiger partial charge in [0.1, 0.15) is 0 Å². The molecule has 0 fully saturated rings. The summed E-state index contributed by atoms with van der Waals surface area (Å²) in [5.41, 5.74) is 0. The lowest BCUT2D eigenvalue weighted by atomic mass is 10.2. The van der Waals surface area contributed by atoms with Gasteiger partial charge in [0.25, 0.3) is 0 Å². The number of hydrogen-bond donors (Lipinski definition) is 0. The van der Waals surface area contributed by atoms with Crippen LogP contribution in [-0.2, 0) is 0 Å². The van der Waals surface area contributed by atoms with E-state index in [4.69, 9.17) is 0 Å². The zero-order valence-electron chi connectivity index (χ0n) is 17.1. The highest BCUT2D eigenvalue weighted by atomic mass is 32.1. The number of fused-ring (bicyclic) bond motifs is 8. The molecule has 0 atom stereocenters. The minimum Gasteiger partial charge on any atom is -0.141 e. The number of benzene rings is 2. The Morgan fingerprint density at radius 3 is 1.34 bits per heavy atom. The van der Waals surface area contributed by atoms with Crippen molar-refractivity contribution in [2.24, 2.45) is 0 Å². The van der Waals surface area contributed by atoms with Crippen molar-refractivity contribution in [1.82, 2.24) is 0 Å². The van der Waals surface area contributed by atoms with Crippen LogP contribution in [0.25, 0.3) is 68.9 Å². The summed E-state index contributed by atoms with van der Waals surface area (Å²) in [6.45, 7) is 4.41. The quantitative estimate of drug-likeness (QED) is 0.203. The second-order valence-electron chi connectivity index (χ2n) is 8.30. The minimum absolute atomic E-state index is 1.38. The van der Waals surface area contributed by atoms with Crippen molar-refractivity contribution in [3.8, 4) is 9.75 Å². The molecule has 6 heterocycles. The molecule has 8 rings (SSSR count). The van der Waals surface area contributed by atoms with Crippen LogP contribution in [-0.4, -0.2) is 0 Å². The Kier molecular flexibility index (Phi) is 3.73. The van der Waals surface area contributed by atoms with Crippen molar-refractivity contribution in [3.05, 3.63) is 58.3 Å². The smallest absolute Gasteiger partial charge is 0.0536 e. The van der Waals surface area contributed by atoms with Gasteiger partial charge in [-0.1, -0.05) is 0 Å². The third-order valence-corrected chi connectivity index (χ3v) is 13.1. The van der Waals surface area contributed by atoms with Gasteiger partial charge in [-0.15, -0.1) is 68.0 Å². The number of rotatable bonds is 1. The molecule has 0 N–H and O–H groups in total. The first-order valence-corrected chi connectivity index (χ1v) is 15.2. The standard InChI is InChI=1S/C26H14S6/c1-11-3-13-5-19-15(7-17(13)27-11)25-23(29-19)9-21(31-25)22-10-24-26(32-22)16-8-18-14(4-12(2)28-18)6-20(16)30-24/h3-10H,1-2H3. The summed E-state index contributed by atoms with van der Waals surface area (Å²) < 4.78 is 11.4. The average molecular weight is 519 g/mol. The van der Waals surface area contributed by atoms with Crippen LogP contribution in [0.4, 0.5) is 0 Å². The van der Waals surface area contributed by atoms with E-state index in [0.29, 0.717) is 0 Å². The lowest BCUT2D eigenvalue weighted by Crippen LogP contribution is -1.64. The monoisotopic (exact) mass is 518 g/mol. The van der Waals surface area contributed by atoms with Gasteiger partial charge in [0.2, 0.25) is 0 Å². The molecule has 0 saturated heterocycles. The molecule has 0 radical (unpaired) electrons. The molecule has 0 saturated carbocycles. The normalized spacial score (nSPS) is 12.7. The molecule has 0 aliphatic heterocycles. The maximum Gasteiger partial charge on any atom is 0.0536 e. The first kappa shape index (κ1) is 18.6. The van der Waals surface area contributed by atoms with Crippen molar-refractivity contribution >= 4 is 127 Å². The zero-order valence-corrected chi connectivity index (χ0v) is 22.0. The van der Waals surface area contributed by atoms with Gasteiger partial charge >= 0.3 is 0 Å². The highest BCUT2D eigenvalue weighted by molar-refractivity contribution is 7.37. The van der Waals surface area contributed by atoms with Crippen LogP contribution in [0, 0.1) is 13.8 Å². The van der Waals surface area contributed by atoms with Crippen LogP contribution in [0.5, 0.6) is 0 Å². The van der Waals surface area contributed by atoms with Gasteiger partial charge in [0.15, 0.2) is 0 Å². The Morgan fingerprint density at radius 2 is 0.875 bits per heavy atom. The molecule has 0 aliphatic carbocycles. The van der Waals surface area contributed by atoms with Gasteiger partial charge in [-0.05, 0) is 73.2 Å². The van der Waals surface area contributed by atoms with Crippen molar-refractivity contribution in [2.75, 3.05) is 0 Å². The molecule has 0 spiro atoms. The topological polar surface area (TPSA) is 0 Å². The lowest BCUT2D eigenvalue weighted by Gasteiger charge is -1.93. The summed E-state index contributed by atoms with van der Waals surface area (Å²) >= 11 is 11.6. The van der Waals surface area contributed by atoms with E-state index in [1.165, 1.54) is 78.7 Å². The van der Waals surface area contributed by atoms with E-state index in [-0.39, 0.29) is 0 Å². The summed E-state index contributed by atoms with van der Waals surface area (Å²) in [5.74, 6) is 0. The van der Waals surface area contributed by atoms with Gasteiger partial charge in [-0.3, -0.25) is 0 Å². The largest absolute Gasteiger partial charge is 0.141 e. The zero-order chi connectivity index (χ0) is 21.1. The fraction of sp³-hybridized carbons (Fsp3) is 0.0769. The highest BCUT2D eigenvalue weighted by Crippen LogP contribution is 2.49. The molecule has 6 heteroatoms. The SMILES string of the molecule is Cc1cc2cc3sc4cc(-c5cc6sc7cc8cc(C)sc8cc7c6s5)sc4c3cc2s1. The van der Waals surface area contributed by atoms with Gasteiger partial charge < -0.3 is 0 Å². The number of hydrogen-bond acceptors (Lipinski definition) is 6. The van der Waals surface area contributed by atoms with Crippen LogP contribution in [0.1, 0.15) is 9.75 Å². The Balaban J connectivity index is 1.32. The lowest BCUT2D eigenvalue weighted by molar-refractivity contribution is 1.66. The van der Waals surface area contributed by atoms with E-state index in [9.17, 15) is 0 Å². The third-order valence-electron chi connectivity index (χ3n) is 6.05. The molecule has 0 amide bonds. The second-order valence-corrected chi connectivity index (χ2v) is 15.1. The molecule has 32 heavy (non-hydrogen) atoms. The molecular weight excluding hydrogens is 505 g/mol. The maximum absolute atomic E-state index is 2.42. The van der Waals surface area contributed by atoms with Gasteiger partial charge in [-0.25, -0.2) is 0 Å². The third kappa shape index (κ3) is 2.56. The van der Waals surface area contributed by atoms with Crippen LogP contribution in [0.2, 0.25) is 0 Å². The Labute approximate surface area is 207 Å². The summed E-state index contributed by atoms with van der Waals surface area (Å²) in [6.07, 6.45) is 0. The van der Waals surface area contributed by atoms with E-state index in [2.05, 4.69) is 62.4 Å². The van der Waals surface area contributed by atoms with Crippen molar-refractivity contribution in [1.29, 1.82) is 0 Å². The number of aryl methyl sites for hydroxylation is 2. The van der Waals surface area contributed by atoms with Gasteiger partial charge in [0, 0.05) is 58.5 Å². The molecule has 2 aromatic carbocycles. The van der Waals surface area contributed by atoms with Crippen molar-refractivity contribution in [2.45, 2.75) is 13.8 Å². The Morgan fingerprint density at radius 1 is 0.406 bits per heavy atom. The van der Waals surface area contributed by atoms with Crippen LogP contribution in [0.15, 0.2) is 48.5 Å². The molecule has 0 unspecified atom stereocenters. The van der Waals surface area contributed by atoms with E-state index in [1.807, 2.05) is 68.0 Å². The molecule has 0 nitrogen and oxygen atoms in total. The molecule has 0 aliphatic rings. The first-order valence-electron chi connectivity index (χ1n) is 10.3. The van der Waals surface area contributed by atoms with Crippen LogP contribution < -0.4 is 0 Å². The summed E-state index contributed by atoms with van der Waals surface area (Å²) in [4.78, 5) is 5.60. The van der Waals surface area contributed by atoms with Gasteiger partial charge in [-0.2, -0.15) is 0 Å². The van der Waals surface area contributed by atoms with Gasteiger partial charge in [0.05, 0.1) is 9.40 Å². The van der Waals surface area contributed by atoms with E-state index >= 15 is 0 Å². The highest BCUT2D eigenvalue weighted by Gasteiger charge is 2.17. The van der Waals surface area contributed by atoms with E-state index in [0.717, 1.165) is 0 Å². The fourth-order valence-electron chi connectivity index (χ4n) is 4.68. The first-order chi connectivity index (χ1) is 15.6. The fourth-order valence-corrected chi connectivity index (χ4v) is 11.7. The molecular formula is C26H14S6. The minimum atomic E-state index is 1.38. The average Bonchev–Trinajstić information content (AvgIpc) is 3.53. The van der Waals surface area contributed by atoms with Crippen molar-refractivity contribution < 1.29 is 0 Å². The Hall–Kier alpha value is -1.80. The molecule has 154 valence electrons. The van der Waals surface area contributed by atoms with E-state index < -0.39 is 0 Å². The van der Waals surface area contributed by atoms with Crippen LogP contribution >= 0.6 is 68.0 Å². The summed E-state index contributed by atoms with van der Waals surface area (Å²) in [7, 11) is 0. The van der Waals surface area contributed by atoms with E-state index in [1.54, 1.807) is 0 Å². The molecule has 0 bridgehead atoms.